The number of aryl methyl sites for hydroxylation is 1. The molecule has 0 radical (unpaired) electrons. The molecule has 0 fully saturated rings. The Kier molecular flexibility index (Phi) is 5.20. The van der Waals surface area contributed by atoms with Gasteiger partial charge in [0.15, 0.2) is 0 Å². The van der Waals surface area contributed by atoms with Crippen LogP contribution in [0.1, 0.15) is 47.0 Å². The fourth-order valence-electron chi connectivity index (χ4n) is 2.65. The molecule has 0 aliphatic heterocycles. The molecule has 124 valence electrons. The molecule has 0 unspecified atom stereocenters. The van der Waals surface area contributed by atoms with E-state index in [4.69, 9.17) is 9.47 Å². The van der Waals surface area contributed by atoms with Gasteiger partial charge in [-0.2, -0.15) is 0 Å². The molecule has 1 amide bonds. The first-order chi connectivity index (χ1) is 10.9. The molecule has 1 aliphatic carbocycles. The highest BCUT2D eigenvalue weighted by Crippen LogP contribution is 2.45. The second-order valence-corrected chi connectivity index (χ2v) is 6.57. The highest BCUT2D eigenvalue weighted by atomic mass is 32.1. The van der Waals surface area contributed by atoms with Crippen LogP contribution in [0.4, 0.5) is 5.00 Å². The zero-order valence-electron chi connectivity index (χ0n) is 13.5. The first-order valence-electron chi connectivity index (χ1n) is 7.16. The number of rotatable bonds is 4. The third-order valence-corrected chi connectivity index (χ3v) is 4.74. The smallest absolute Gasteiger partial charge is 0.341 e. The lowest BCUT2D eigenvalue weighted by atomic mass is 9.99. The summed E-state index contributed by atoms with van der Waals surface area (Å²) in [6, 6.07) is 0. The van der Waals surface area contributed by atoms with Crippen LogP contribution >= 0.6 is 11.3 Å². The molecular weight excluding hydrogens is 318 g/mol. The van der Waals surface area contributed by atoms with E-state index < -0.39 is 11.9 Å². The molecule has 1 aliphatic rings. The van der Waals surface area contributed by atoms with Gasteiger partial charge in [-0.25, -0.2) is 4.79 Å². The second-order valence-electron chi connectivity index (χ2n) is 5.46. The van der Waals surface area contributed by atoms with Gasteiger partial charge in [0.25, 0.3) is 0 Å². The van der Waals surface area contributed by atoms with Gasteiger partial charge in [0, 0.05) is 11.0 Å². The molecule has 1 aromatic rings. The van der Waals surface area contributed by atoms with Gasteiger partial charge in [-0.3, -0.25) is 9.59 Å². The summed E-state index contributed by atoms with van der Waals surface area (Å²) < 4.78 is 9.65. The molecule has 1 aromatic heterocycles. The molecule has 7 heteroatoms. The minimum atomic E-state index is -0.564. The lowest BCUT2D eigenvalue weighted by Gasteiger charge is -2.11. The number of hydrogen-bond acceptors (Lipinski definition) is 6. The van der Waals surface area contributed by atoms with Gasteiger partial charge in [-0.1, -0.05) is 5.57 Å². The number of amides is 1. The molecule has 0 saturated carbocycles. The average molecular weight is 337 g/mol. The number of carbonyl (C=O) groups is 3. The largest absolute Gasteiger partial charge is 0.469 e. The van der Waals surface area contributed by atoms with Crippen LogP contribution in [0.25, 0.3) is 0 Å². The fraction of sp³-hybridized carbons (Fsp3) is 0.438. The Hall–Kier alpha value is -2.15. The summed E-state index contributed by atoms with van der Waals surface area (Å²) in [5.41, 5.74) is 1.73. The highest BCUT2D eigenvalue weighted by Gasteiger charge is 2.38. The van der Waals surface area contributed by atoms with E-state index >= 15 is 0 Å². The minimum absolute atomic E-state index is 0.260. The summed E-state index contributed by atoms with van der Waals surface area (Å²) in [5.74, 6) is -1.75. The Labute approximate surface area is 138 Å². The maximum Gasteiger partial charge on any atom is 0.341 e. The van der Waals surface area contributed by atoms with Crippen molar-refractivity contribution in [2.24, 2.45) is 0 Å². The van der Waals surface area contributed by atoms with Crippen molar-refractivity contribution in [1.82, 2.24) is 0 Å². The van der Waals surface area contributed by atoms with Gasteiger partial charge in [0.2, 0.25) is 5.91 Å². The summed E-state index contributed by atoms with van der Waals surface area (Å²) in [6.45, 7) is 3.62. The average Bonchev–Trinajstić information content (AvgIpc) is 3.03. The zero-order valence-corrected chi connectivity index (χ0v) is 14.3. The van der Waals surface area contributed by atoms with Crippen LogP contribution < -0.4 is 5.32 Å². The Morgan fingerprint density at radius 1 is 1.22 bits per heavy atom. The predicted octanol–water partition coefficient (Wildman–Crippen LogP) is 2.64. The number of nitrogens with one attached hydrogen (secondary N) is 1. The maximum atomic E-state index is 12.2. The Morgan fingerprint density at radius 3 is 2.48 bits per heavy atom. The number of methoxy groups -OCH3 is 2. The number of ether oxygens (including phenoxy) is 2. The lowest BCUT2D eigenvalue weighted by Crippen LogP contribution is -2.17. The molecule has 0 spiro atoms. The number of carbonyl (C=O) groups excluding carboxylic acids is 3. The number of anilines is 1. The van der Waals surface area contributed by atoms with Gasteiger partial charge < -0.3 is 14.8 Å². The van der Waals surface area contributed by atoms with Crippen LogP contribution in [-0.4, -0.2) is 32.1 Å². The highest BCUT2D eigenvalue weighted by molar-refractivity contribution is 7.17. The Morgan fingerprint density at radius 2 is 1.91 bits per heavy atom. The van der Waals surface area contributed by atoms with E-state index in [-0.39, 0.29) is 17.4 Å². The molecule has 1 N–H and O–H groups in total. The first-order valence-corrected chi connectivity index (χ1v) is 7.98. The third-order valence-electron chi connectivity index (χ3n) is 3.56. The van der Waals surface area contributed by atoms with Crippen LogP contribution in [0.3, 0.4) is 0 Å². The fourth-order valence-corrected chi connectivity index (χ4v) is 3.91. The SMILES string of the molecule is COC(=O)c1c(NC(=O)C=C(C)C)sc2c1[C@@H](C(=O)OC)CC2. The Balaban J connectivity index is 2.46. The summed E-state index contributed by atoms with van der Waals surface area (Å²) in [4.78, 5) is 37.0. The van der Waals surface area contributed by atoms with Crippen molar-refractivity contribution < 1.29 is 23.9 Å². The van der Waals surface area contributed by atoms with Crippen molar-refractivity contribution in [1.29, 1.82) is 0 Å². The van der Waals surface area contributed by atoms with Crippen LogP contribution in [0.5, 0.6) is 0 Å². The molecule has 6 nitrogen and oxygen atoms in total. The van der Waals surface area contributed by atoms with Gasteiger partial charge in [-0.15, -0.1) is 11.3 Å². The first kappa shape index (κ1) is 17.2. The van der Waals surface area contributed by atoms with E-state index in [0.717, 1.165) is 10.5 Å². The summed E-state index contributed by atoms with van der Waals surface area (Å²) in [6.07, 6.45) is 2.71. The zero-order chi connectivity index (χ0) is 17.1. The second kappa shape index (κ2) is 6.95. The molecule has 23 heavy (non-hydrogen) atoms. The molecule has 2 rings (SSSR count). The van der Waals surface area contributed by atoms with E-state index in [0.29, 0.717) is 23.4 Å². The van der Waals surface area contributed by atoms with Crippen molar-refractivity contribution in [2.75, 3.05) is 19.5 Å². The maximum absolute atomic E-state index is 12.2. The van der Waals surface area contributed by atoms with Crippen LogP contribution in [-0.2, 0) is 25.5 Å². The number of thiophene rings is 1. The molecular formula is C16H19NO5S. The number of hydrogen-bond donors (Lipinski definition) is 1. The van der Waals surface area contributed by atoms with E-state index in [2.05, 4.69) is 5.32 Å². The van der Waals surface area contributed by atoms with E-state index in [1.165, 1.54) is 31.6 Å². The van der Waals surface area contributed by atoms with Crippen LogP contribution in [0.15, 0.2) is 11.6 Å². The van der Waals surface area contributed by atoms with Crippen LogP contribution in [0, 0.1) is 0 Å². The lowest BCUT2D eigenvalue weighted by molar-refractivity contribution is -0.142. The summed E-state index contributed by atoms with van der Waals surface area (Å²) >= 11 is 1.31. The topological polar surface area (TPSA) is 81.7 Å². The third kappa shape index (κ3) is 3.44. The molecule has 1 atom stereocenters. The van der Waals surface area contributed by atoms with Crippen LogP contribution in [0.2, 0.25) is 0 Å². The standard InChI is InChI=1S/C16H19NO5S/c1-8(2)7-11(18)17-14-13(16(20)22-4)12-9(15(19)21-3)5-6-10(12)23-14/h7,9H,5-6H2,1-4H3,(H,17,18)/t9-/m0/s1. The van der Waals surface area contributed by atoms with E-state index in [9.17, 15) is 14.4 Å². The predicted molar refractivity (Wildman–Crippen MR) is 86.8 cm³/mol. The summed E-state index contributed by atoms with van der Waals surface area (Å²) in [7, 11) is 2.60. The molecule has 0 aromatic carbocycles. The molecule has 0 bridgehead atoms. The van der Waals surface area contributed by atoms with E-state index in [1.807, 2.05) is 13.8 Å². The molecule has 1 heterocycles. The number of esters is 2. The summed E-state index contributed by atoms with van der Waals surface area (Å²) in [5, 5.41) is 3.13. The quantitative estimate of drug-likeness (QED) is 0.675. The van der Waals surface area contributed by atoms with Crippen molar-refractivity contribution >= 4 is 34.2 Å². The van der Waals surface area contributed by atoms with Gasteiger partial charge in [0.1, 0.15) is 5.00 Å². The minimum Gasteiger partial charge on any atom is -0.469 e. The van der Waals surface area contributed by atoms with Crippen molar-refractivity contribution in [3.05, 3.63) is 27.7 Å². The van der Waals surface area contributed by atoms with Gasteiger partial charge >= 0.3 is 11.9 Å². The van der Waals surface area contributed by atoms with E-state index in [1.54, 1.807) is 0 Å². The van der Waals surface area contributed by atoms with Crippen molar-refractivity contribution in [2.45, 2.75) is 32.6 Å². The monoisotopic (exact) mass is 337 g/mol. The van der Waals surface area contributed by atoms with Crippen molar-refractivity contribution in [3.63, 3.8) is 0 Å². The normalized spacial score (nSPS) is 15.6. The van der Waals surface area contributed by atoms with Crippen molar-refractivity contribution in [3.8, 4) is 0 Å². The number of fused-ring (bicyclic) bond motifs is 1. The van der Waals surface area contributed by atoms with Gasteiger partial charge in [-0.05, 0) is 32.3 Å². The van der Waals surface area contributed by atoms with Gasteiger partial charge in [0.05, 0.1) is 25.7 Å². The number of allylic oxidation sites excluding steroid dienone is 1. The Bertz CT molecular complexity index is 685. The molecule has 0 saturated heterocycles.